The Labute approximate surface area is 108 Å². The van der Waals surface area contributed by atoms with Gasteiger partial charge in [0.05, 0.1) is 10.8 Å². The van der Waals surface area contributed by atoms with E-state index in [1.54, 1.807) is 18.0 Å². The summed E-state index contributed by atoms with van der Waals surface area (Å²) in [6.07, 6.45) is 1.77. The van der Waals surface area contributed by atoms with Gasteiger partial charge >= 0.3 is 0 Å². The van der Waals surface area contributed by atoms with E-state index in [1.165, 1.54) is 11.3 Å². The van der Waals surface area contributed by atoms with Crippen LogP contribution in [0.4, 0.5) is 0 Å². The lowest BCUT2D eigenvalue weighted by Crippen LogP contribution is -1.82. The average Bonchev–Trinajstić information content (AvgIpc) is 2.64. The highest BCUT2D eigenvalue weighted by Gasteiger charge is 2.03. The Morgan fingerprint density at radius 1 is 1.40 bits per heavy atom. The van der Waals surface area contributed by atoms with Gasteiger partial charge in [-0.2, -0.15) is 0 Å². The van der Waals surface area contributed by atoms with E-state index >= 15 is 0 Å². The predicted molar refractivity (Wildman–Crippen MR) is 66.4 cm³/mol. The maximum Gasteiger partial charge on any atom is 0.207 e. The topological polar surface area (TPSA) is 38.7 Å². The number of pyridine rings is 1. The molecule has 0 unspecified atom stereocenters. The molecule has 0 aliphatic carbocycles. The minimum atomic E-state index is 0.481. The van der Waals surface area contributed by atoms with Crippen molar-refractivity contribution >= 4 is 50.6 Å². The predicted octanol–water partition coefficient (Wildman–Crippen LogP) is 3.64. The molecule has 0 atom stereocenters. The number of halogens is 2. The van der Waals surface area contributed by atoms with E-state index in [1.807, 2.05) is 12.1 Å². The summed E-state index contributed by atoms with van der Waals surface area (Å²) in [5.41, 5.74) is 0. The van der Waals surface area contributed by atoms with Gasteiger partial charge in [-0.15, -0.1) is 10.2 Å². The van der Waals surface area contributed by atoms with Crippen LogP contribution in [-0.2, 0) is 5.75 Å². The van der Waals surface area contributed by atoms with E-state index in [2.05, 4.69) is 31.1 Å². The first-order chi connectivity index (χ1) is 7.24. The Morgan fingerprint density at radius 3 is 2.87 bits per heavy atom. The molecule has 2 heterocycles. The normalized spacial score (nSPS) is 10.5. The summed E-state index contributed by atoms with van der Waals surface area (Å²) in [7, 11) is 0. The second-order valence-electron chi connectivity index (χ2n) is 2.55. The molecule has 0 N–H and O–H groups in total. The molecule has 7 heteroatoms. The lowest BCUT2D eigenvalue weighted by Gasteiger charge is -1.97. The molecule has 0 saturated heterocycles. The van der Waals surface area contributed by atoms with Crippen LogP contribution in [0.5, 0.6) is 0 Å². The lowest BCUT2D eigenvalue weighted by molar-refractivity contribution is 1.04. The fraction of sp³-hybridized carbons (Fsp3) is 0.125. The maximum absolute atomic E-state index is 5.68. The molecule has 15 heavy (non-hydrogen) atoms. The highest BCUT2D eigenvalue weighted by molar-refractivity contribution is 9.10. The van der Waals surface area contributed by atoms with Crippen molar-refractivity contribution in [2.75, 3.05) is 0 Å². The lowest BCUT2D eigenvalue weighted by atomic mass is 10.5. The van der Waals surface area contributed by atoms with Gasteiger partial charge in [-0.25, -0.2) is 4.98 Å². The smallest absolute Gasteiger partial charge is 0.207 e. The van der Waals surface area contributed by atoms with Gasteiger partial charge in [-0.1, -0.05) is 23.1 Å². The third-order valence-corrected chi connectivity index (χ3v) is 4.11. The highest BCUT2D eigenvalue weighted by Crippen LogP contribution is 2.24. The van der Waals surface area contributed by atoms with E-state index in [0.717, 1.165) is 20.3 Å². The quantitative estimate of drug-likeness (QED) is 0.809. The Hall–Kier alpha value is -0.170. The summed E-state index contributed by atoms with van der Waals surface area (Å²) < 4.78 is 1.46. The molecule has 2 rings (SSSR count). The first-order valence-electron chi connectivity index (χ1n) is 3.96. The number of aromatic nitrogens is 3. The summed E-state index contributed by atoms with van der Waals surface area (Å²) >= 11 is 12.0. The highest BCUT2D eigenvalue weighted by atomic mass is 79.9. The van der Waals surface area contributed by atoms with Crippen molar-refractivity contribution in [2.24, 2.45) is 0 Å². The zero-order valence-electron chi connectivity index (χ0n) is 7.35. The van der Waals surface area contributed by atoms with Crippen LogP contribution < -0.4 is 0 Å². The second kappa shape index (κ2) is 5.25. The molecular formula is C8H5BrClN3S2. The molecule has 78 valence electrons. The molecule has 0 fully saturated rings. The van der Waals surface area contributed by atoms with Crippen molar-refractivity contribution in [3.63, 3.8) is 0 Å². The first kappa shape index (κ1) is 11.3. The van der Waals surface area contributed by atoms with Crippen LogP contribution in [0.1, 0.15) is 5.01 Å². The summed E-state index contributed by atoms with van der Waals surface area (Å²) in [5, 5.41) is 9.54. The van der Waals surface area contributed by atoms with Crippen molar-refractivity contribution in [1.29, 1.82) is 0 Å². The van der Waals surface area contributed by atoms with Crippen LogP contribution in [0.15, 0.2) is 27.8 Å². The molecule has 0 amide bonds. The SMILES string of the molecule is Clc1nnc(CSc2ccc(Br)cn2)s1. The molecule has 0 aliphatic heterocycles. The summed E-state index contributed by atoms with van der Waals surface area (Å²) in [4.78, 5) is 4.24. The van der Waals surface area contributed by atoms with E-state index in [4.69, 9.17) is 11.6 Å². The van der Waals surface area contributed by atoms with Crippen LogP contribution in [0.25, 0.3) is 0 Å². The molecule has 0 bridgehead atoms. The minimum Gasteiger partial charge on any atom is -0.249 e. The van der Waals surface area contributed by atoms with Crippen LogP contribution in [0, 0.1) is 0 Å². The van der Waals surface area contributed by atoms with Crippen LogP contribution in [0.3, 0.4) is 0 Å². The van der Waals surface area contributed by atoms with Crippen LogP contribution >= 0.6 is 50.6 Å². The molecule has 0 aliphatic rings. The van der Waals surface area contributed by atoms with Crippen molar-refractivity contribution in [3.8, 4) is 0 Å². The molecule has 0 radical (unpaired) electrons. The van der Waals surface area contributed by atoms with Crippen molar-refractivity contribution in [2.45, 2.75) is 10.8 Å². The van der Waals surface area contributed by atoms with Gasteiger partial charge < -0.3 is 0 Å². The number of nitrogens with zero attached hydrogens (tertiary/aromatic N) is 3. The fourth-order valence-corrected chi connectivity index (χ4v) is 2.81. The molecule has 0 spiro atoms. The monoisotopic (exact) mass is 321 g/mol. The standard InChI is InChI=1S/C8H5BrClN3S2/c9-5-1-2-6(11-3-5)14-4-7-12-13-8(10)15-7/h1-3H,4H2. The molecule has 0 saturated carbocycles. The Bertz CT molecular complexity index is 445. The maximum atomic E-state index is 5.68. The number of thioether (sulfide) groups is 1. The van der Waals surface area contributed by atoms with Gasteiger partial charge in [0.25, 0.3) is 0 Å². The number of hydrogen-bond donors (Lipinski definition) is 0. The molecule has 2 aromatic heterocycles. The van der Waals surface area contributed by atoms with Crippen molar-refractivity contribution in [3.05, 3.63) is 32.3 Å². The Balaban J connectivity index is 1.96. The van der Waals surface area contributed by atoms with Crippen LogP contribution in [0.2, 0.25) is 4.47 Å². The van der Waals surface area contributed by atoms with Gasteiger partial charge in [0.1, 0.15) is 5.01 Å². The molecule has 0 aromatic carbocycles. The minimum absolute atomic E-state index is 0.481. The third-order valence-electron chi connectivity index (χ3n) is 1.49. The molecular weight excluding hydrogens is 318 g/mol. The number of hydrogen-bond acceptors (Lipinski definition) is 5. The number of rotatable bonds is 3. The van der Waals surface area contributed by atoms with Gasteiger partial charge in [-0.05, 0) is 39.7 Å². The largest absolute Gasteiger partial charge is 0.249 e. The van der Waals surface area contributed by atoms with E-state index in [-0.39, 0.29) is 0 Å². The van der Waals surface area contributed by atoms with E-state index in [9.17, 15) is 0 Å². The average molecular weight is 323 g/mol. The zero-order chi connectivity index (χ0) is 10.7. The van der Waals surface area contributed by atoms with Gasteiger partial charge in [0.2, 0.25) is 4.47 Å². The second-order valence-corrected chi connectivity index (χ2v) is 6.11. The van der Waals surface area contributed by atoms with Crippen LogP contribution in [-0.4, -0.2) is 15.2 Å². The fourth-order valence-electron chi connectivity index (χ4n) is 0.875. The first-order valence-corrected chi connectivity index (χ1v) is 6.93. The van der Waals surface area contributed by atoms with Gasteiger partial charge in [0, 0.05) is 10.7 Å². The summed E-state index contributed by atoms with van der Waals surface area (Å²) in [6, 6.07) is 3.92. The van der Waals surface area contributed by atoms with Gasteiger partial charge in [-0.3, -0.25) is 0 Å². The van der Waals surface area contributed by atoms with Crippen molar-refractivity contribution in [1.82, 2.24) is 15.2 Å². The van der Waals surface area contributed by atoms with E-state index in [0.29, 0.717) is 4.47 Å². The summed E-state index contributed by atoms with van der Waals surface area (Å²) in [6.45, 7) is 0. The van der Waals surface area contributed by atoms with Crippen molar-refractivity contribution < 1.29 is 0 Å². The summed E-state index contributed by atoms with van der Waals surface area (Å²) in [5.74, 6) is 0.749. The zero-order valence-corrected chi connectivity index (χ0v) is 11.3. The molecule has 2 aromatic rings. The van der Waals surface area contributed by atoms with Gasteiger partial charge in [0.15, 0.2) is 0 Å². The Morgan fingerprint density at radius 2 is 2.27 bits per heavy atom. The Kier molecular flexibility index (Phi) is 3.96. The van der Waals surface area contributed by atoms with E-state index < -0.39 is 0 Å². The third kappa shape index (κ3) is 3.41. The molecule has 3 nitrogen and oxygen atoms in total.